The first-order valence-electron chi connectivity index (χ1n) is 5.81. The minimum absolute atomic E-state index is 0.0432. The molecule has 0 saturated heterocycles. The van der Waals surface area contributed by atoms with Crippen LogP contribution in [0.2, 0.25) is 0 Å². The summed E-state index contributed by atoms with van der Waals surface area (Å²) in [6.45, 7) is 2.37. The molecular weight excluding hydrogens is 232 g/mol. The van der Waals surface area contributed by atoms with Gasteiger partial charge in [0.25, 0.3) is 0 Å². The molecule has 5 nitrogen and oxygen atoms in total. The predicted molar refractivity (Wildman–Crippen MR) is 67.8 cm³/mol. The van der Waals surface area contributed by atoms with Gasteiger partial charge in [-0.25, -0.2) is 0 Å². The van der Waals surface area contributed by atoms with Crippen LogP contribution in [-0.4, -0.2) is 23.5 Å². The van der Waals surface area contributed by atoms with E-state index in [4.69, 9.17) is 10.8 Å². The first-order valence-corrected chi connectivity index (χ1v) is 5.81. The molecule has 4 N–H and O–H groups in total. The van der Waals surface area contributed by atoms with Gasteiger partial charge in [-0.15, -0.1) is 0 Å². The van der Waals surface area contributed by atoms with Gasteiger partial charge in [-0.1, -0.05) is 31.2 Å². The molecule has 0 aliphatic heterocycles. The molecule has 1 unspecified atom stereocenters. The maximum atomic E-state index is 11.6. The lowest BCUT2D eigenvalue weighted by Crippen LogP contribution is -2.33. The van der Waals surface area contributed by atoms with Gasteiger partial charge in [0.1, 0.15) is 0 Å². The SMILES string of the molecule is CC(CN)C(=O)NCc1ccccc1CC(=O)O. The van der Waals surface area contributed by atoms with Crippen molar-refractivity contribution in [2.24, 2.45) is 11.7 Å². The minimum atomic E-state index is -0.885. The van der Waals surface area contributed by atoms with Crippen molar-refractivity contribution in [3.8, 4) is 0 Å². The number of nitrogens with two attached hydrogens (primary N) is 1. The highest BCUT2D eigenvalue weighted by Crippen LogP contribution is 2.09. The molecule has 0 radical (unpaired) electrons. The standard InChI is InChI=1S/C13H18N2O3/c1-9(7-14)13(18)15-8-11-5-3-2-4-10(11)6-12(16)17/h2-5,9H,6-8,14H2,1H3,(H,15,18)(H,16,17). The van der Waals surface area contributed by atoms with Crippen LogP contribution in [0, 0.1) is 5.92 Å². The molecule has 18 heavy (non-hydrogen) atoms. The first-order chi connectivity index (χ1) is 8.54. The number of hydrogen-bond donors (Lipinski definition) is 3. The minimum Gasteiger partial charge on any atom is -0.481 e. The van der Waals surface area contributed by atoms with Gasteiger partial charge in [0.05, 0.1) is 6.42 Å². The average molecular weight is 250 g/mol. The molecule has 1 atom stereocenters. The summed E-state index contributed by atoms with van der Waals surface area (Å²) < 4.78 is 0. The monoisotopic (exact) mass is 250 g/mol. The molecule has 98 valence electrons. The van der Waals surface area contributed by atoms with Gasteiger partial charge in [0.2, 0.25) is 5.91 Å². The van der Waals surface area contributed by atoms with Crippen molar-refractivity contribution in [1.29, 1.82) is 0 Å². The van der Waals surface area contributed by atoms with Gasteiger partial charge in [-0.05, 0) is 11.1 Å². The topological polar surface area (TPSA) is 92.4 Å². The molecule has 1 amide bonds. The number of aliphatic carboxylic acids is 1. The molecular formula is C13H18N2O3. The molecule has 5 heteroatoms. The predicted octanol–water partition coefficient (Wildman–Crippen LogP) is 0.525. The maximum absolute atomic E-state index is 11.6. The highest BCUT2D eigenvalue weighted by molar-refractivity contribution is 5.78. The highest BCUT2D eigenvalue weighted by Gasteiger charge is 2.11. The van der Waals surface area contributed by atoms with E-state index in [2.05, 4.69) is 5.32 Å². The van der Waals surface area contributed by atoms with E-state index in [9.17, 15) is 9.59 Å². The molecule has 0 bridgehead atoms. The number of carbonyl (C=O) groups excluding carboxylic acids is 1. The summed E-state index contributed by atoms with van der Waals surface area (Å²) in [7, 11) is 0. The zero-order chi connectivity index (χ0) is 13.5. The number of carbonyl (C=O) groups is 2. The molecule has 0 spiro atoms. The summed E-state index contributed by atoms with van der Waals surface area (Å²) in [6.07, 6.45) is -0.0432. The zero-order valence-electron chi connectivity index (χ0n) is 10.3. The summed E-state index contributed by atoms with van der Waals surface area (Å²) in [5, 5.41) is 11.5. The third kappa shape index (κ3) is 4.18. The fourth-order valence-corrected chi connectivity index (χ4v) is 1.53. The summed E-state index contributed by atoms with van der Waals surface area (Å²) in [5.41, 5.74) is 6.93. The summed E-state index contributed by atoms with van der Waals surface area (Å²) in [4.78, 5) is 22.3. The van der Waals surface area contributed by atoms with Gasteiger partial charge in [0, 0.05) is 19.0 Å². The Labute approximate surface area is 106 Å². The lowest BCUT2D eigenvalue weighted by Gasteiger charge is -2.12. The van der Waals surface area contributed by atoms with E-state index >= 15 is 0 Å². The van der Waals surface area contributed by atoms with Crippen LogP contribution < -0.4 is 11.1 Å². The number of carboxylic acids is 1. The second kappa shape index (κ2) is 6.76. The number of rotatable bonds is 6. The van der Waals surface area contributed by atoms with Crippen molar-refractivity contribution in [2.75, 3.05) is 6.54 Å². The van der Waals surface area contributed by atoms with E-state index in [1.54, 1.807) is 19.1 Å². The van der Waals surface area contributed by atoms with Gasteiger partial charge >= 0.3 is 5.97 Å². The van der Waals surface area contributed by atoms with Crippen molar-refractivity contribution in [1.82, 2.24) is 5.32 Å². The van der Waals surface area contributed by atoms with Crippen molar-refractivity contribution in [2.45, 2.75) is 19.9 Å². The number of carboxylic acid groups (broad SMARTS) is 1. The number of hydrogen-bond acceptors (Lipinski definition) is 3. The van der Waals surface area contributed by atoms with Crippen LogP contribution in [0.3, 0.4) is 0 Å². The maximum Gasteiger partial charge on any atom is 0.307 e. The van der Waals surface area contributed by atoms with Crippen LogP contribution in [0.1, 0.15) is 18.1 Å². The Morgan fingerprint density at radius 3 is 2.50 bits per heavy atom. The van der Waals surface area contributed by atoms with Crippen molar-refractivity contribution in [3.63, 3.8) is 0 Å². The van der Waals surface area contributed by atoms with Crippen LogP contribution in [0.15, 0.2) is 24.3 Å². The van der Waals surface area contributed by atoms with E-state index in [0.717, 1.165) is 5.56 Å². The second-order valence-corrected chi connectivity index (χ2v) is 4.19. The molecule has 0 fully saturated rings. The normalized spacial score (nSPS) is 11.9. The fourth-order valence-electron chi connectivity index (χ4n) is 1.53. The van der Waals surface area contributed by atoms with Gasteiger partial charge < -0.3 is 16.2 Å². The molecule has 0 aromatic heterocycles. The van der Waals surface area contributed by atoms with E-state index in [0.29, 0.717) is 18.7 Å². The van der Waals surface area contributed by atoms with Crippen LogP contribution in [-0.2, 0) is 22.6 Å². The molecule has 1 aromatic carbocycles. The van der Waals surface area contributed by atoms with Crippen LogP contribution in [0.5, 0.6) is 0 Å². The van der Waals surface area contributed by atoms with E-state index in [1.165, 1.54) is 0 Å². The van der Waals surface area contributed by atoms with E-state index < -0.39 is 5.97 Å². The summed E-state index contributed by atoms with van der Waals surface area (Å²) >= 11 is 0. The highest BCUT2D eigenvalue weighted by atomic mass is 16.4. The average Bonchev–Trinajstić information content (AvgIpc) is 2.35. The Hall–Kier alpha value is -1.88. The lowest BCUT2D eigenvalue weighted by atomic mass is 10.0. The van der Waals surface area contributed by atoms with Crippen LogP contribution >= 0.6 is 0 Å². The van der Waals surface area contributed by atoms with Crippen molar-refractivity contribution < 1.29 is 14.7 Å². The number of benzene rings is 1. The quantitative estimate of drug-likeness (QED) is 0.686. The van der Waals surface area contributed by atoms with E-state index in [1.807, 2.05) is 12.1 Å². The third-order valence-electron chi connectivity index (χ3n) is 2.71. The molecule has 0 heterocycles. The smallest absolute Gasteiger partial charge is 0.307 e. The van der Waals surface area contributed by atoms with Gasteiger partial charge in [0.15, 0.2) is 0 Å². The van der Waals surface area contributed by atoms with Gasteiger partial charge in [-0.3, -0.25) is 9.59 Å². The van der Waals surface area contributed by atoms with Gasteiger partial charge in [-0.2, -0.15) is 0 Å². The number of nitrogens with one attached hydrogen (secondary N) is 1. The Balaban J connectivity index is 2.67. The van der Waals surface area contributed by atoms with Crippen molar-refractivity contribution >= 4 is 11.9 Å². The van der Waals surface area contributed by atoms with Crippen LogP contribution in [0.4, 0.5) is 0 Å². The largest absolute Gasteiger partial charge is 0.481 e. The summed E-state index contributed by atoms with van der Waals surface area (Å²) in [6, 6.07) is 7.17. The molecule has 1 rings (SSSR count). The Morgan fingerprint density at radius 1 is 1.33 bits per heavy atom. The zero-order valence-corrected chi connectivity index (χ0v) is 10.3. The Bertz CT molecular complexity index is 432. The van der Waals surface area contributed by atoms with E-state index in [-0.39, 0.29) is 18.2 Å². The third-order valence-corrected chi connectivity index (χ3v) is 2.71. The second-order valence-electron chi connectivity index (χ2n) is 4.19. The molecule has 0 aliphatic carbocycles. The van der Waals surface area contributed by atoms with Crippen LogP contribution in [0.25, 0.3) is 0 Å². The Kier molecular flexibility index (Phi) is 5.32. The molecule has 0 saturated carbocycles. The lowest BCUT2D eigenvalue weighted by molar-refractivity contribution is -0.136. The first kappa shape index (κ1) is 14.2. The Morgan fingerprint density at radius 2 is 1.94 bits per heavy atom. The number of amides is 1. The molecule has 1 aromatic rings. The summed E-state index contributed by atoms with van der Waals surface area (Å²) in [5.74, 6) is -1.25. The molecule has 0 aliphatic rings. The van der Waals surface area contributed by atoms with Crippen molar-refractivity contribution in [3.05, 3.63) is 35.4 Å². The fraction of sp³-hybridized carbons (Fsp3) is 0.385.